The number of hydrogen-bond donors (Lipinski definition) is 1. The molecule has 138 valence electrons. The summed E-state index contributed by atoms with van der Waals surface area (Å²) in [5, 5.41) is 2.53. The van der Waals surface area contributed by atoms with Gasteiger partial charge in [-0.05, 0) is 43.0 Å². The number of fused-ring (bicyclic) bond motifs is 3. The summed E-state index contributed by atoms with van der Waals surface area (Å²) < 4.78 is 16.5. The largest absolute Gasteiger partial charge is 0.462 e. The fourth-order valence-corrected chi connectivity index (χ4v) is 4.36. The Morgan fingerprint density at radius 3 is 2.78 bits per heavy atom. The van der Waals surface area contributed by atoms with Crippen molar-refractivity contribution >= 4 is 28.3 Å². The van der Waals surface area contributed by atoms with Gasteiger partial charge in [-0.1, -0.05) is 12.1 Å². The monoisotopic (exact) mass is 383 g/mol. The van der Waals surface area contributed by atoms with E-state index in [4.69, 9.17) is 19.6 Å². The number of carbonyl (C=O) groups excluding carboxylic acids is 1. The predicted molar refractivity (Wildman–Crippen MR) is 102 cm³/mol. The molecule has 1 aromatic carbocycles. The van der Waals surface area contributed by atoms with Crippen molar-refractivity contribution in [3.63, 3.8) is 0 Å². The zero-order valence-electron chi connectivity index (χ0n) is 14.8. The minimum absolute atomic E-state index is 0.0606. The van der Waals surface area contributed by atoms with E-state index in [1.54, 1.807) is 25.1 Å². The molecule has 27 heavy (non-hydrogen) atoms. The third-order valence-electron chi connectivity index (χ3n) is 4.51. The van der Waals surface area contributed by atoms with Gasteiger partial charge < -0.3 is 19.6 Å². The molecule has 4 rings (SSSR count). The Morgan fingerprint density at radius 2 is 2.07 bits per heavy atom. The highest BCUT2D eigenvalue weighted by Crippen LogP contribution is 2.46. The standard InChI is InChI=1S/C20H17NO5S/c1-3-24-19(22)15-13(17-10(2)8-9-27-17)14-16(26-18(15)21)11-6-4-5-7-12(11)25-20(14)23/h4-9,13H,3,21H2,1-2H3/t13-/m0/s1. The van der Waals surface area contributed by atoms with Crippen LogP contribution in [-0.2, 0) is 9.53 Å². The fourth-order valence-electron chi connectivity index (χ4n) is 3.32. The molecule has 0 spiro atoms. The molecule has 0 saturated carbocycles. The molecule has 7 heteroatoms. The predicted octanol–water partition coefficient (Wildman–Crippen LogP) is 3.42. The average Bonchev–Trinajstić information content (AvgIpc) is 3.06. The first-order chi connectivity index (χ1) is 13.0. The van der Waals surface area contributed by atoms with Crippen LogP contribution in [0, 0.1) is 6.92 Å². The summed E-state index contributed by atoms with van der Waals surface area (Å²) in [7, 11) is 0. The number of aryl methyl sites for hydroxylation is 1. The van der Waals surface area contributed by atoms with E-state index in [1.165, 1.54) is 11.3 Å². The molecule has 0 bridgehead atoms. The van der Waals surface area contributed by atoms with E-state index in [0.29, 0.717) is 16.7 Å². The summed E-state index contributed by atoms with van der Waals surface area (Å²) in [6.07, 6.45) is 0. The van der Waals surface area contributed by atoms with Crippen LogP contribution in [-0.4, -0.2) is 12.6 Å². The highest BCUT2D eigenvalue weighted by Gasteiger charge is 2.40. The SMILES string of the molecule is CCOC(=O)C1=C(N)Oc2c(c(=O)oc3ccccc23)[C@@H]1c1sccc1C. The maximum Gasteiger partial charge on any atom is 0.344 e. The van der Waals surface area contributed by atoms with Gasteiger partial charge in [-0.3, -0.25) is 0 Å². The van der Waals surface area contributed by atoms with Crippen LogP contribution in [0.5, 0.6) is 5.75 Å². The van der Waals surface area contributed by atoms with Gasteiger partial charge >= 0.3 is 11.6 Å². The first kappa shape index (κ1) is 17.4. The van der Waals surface area contributed by atoms with Gasteiger partial charge in [0.2, 0.25) is 5.88 Å². The number of nitrogens with two attached hydrogens (primary N) is 1. The number of esters is 1. The topological polar surface area (TPSA) is 91.8 Å². The molecule has 1 atom stereocenters. The molecule has 0 fully saturated rings. The first-order valence-electron chi connectivity index (χ1n) is 8.47. The summed E-state index contributed by atoms with van der Waals surface area (Å²) in [6.45, 7) is 3.81. The van der Waals surface area contributed by atoms with Crippen LogP contribution in [0.3, 0.4) is 0 Å². The molecule has 0 amide bonds. The molecular weight excluding hydrogens is 366 g/mol. The quantitative estimate of drug-likeness (QED) is 0.550. The van der Waals surface area contributed by atoms with Crippen molar-refractivity contribution < 1.29 is 18.7 Å². The van der Waals surface area contributed by atoms with Crippen LogP contribution in [0.15, 0.2) is 56.4 Å². The minimum Gasteiger partial charge on any atom is -0.462 e. The van der Waals surface area contributed by atoms with Crippen molar-refractivity contribution in [2.24, 2.45) is 5.73 Å². The molecule has 0 aliphatic carbocycles. The lowest BCUT2D eigenvalue weighted by atomic mass is 9.86. The normalized spacial score (nSPS) is 16.1. The third-order valence-corrected chi connectivity index (χ3v) is 5.60. The number of para-hydroxylation sites is 1. The minimum atomic E-state index is -0.700. The van der Waals surface area contributed by atoms with Gasteiger partial charge in [0.05, 0.1) is 23.5 Å². The summed E-state index contributed by atoms with van der Waals surface area (Å²) in [6, 6.07) is 8.99. The number of hydrogen-bond acceptors (Lipinski definition) is 7. The second kappa shape index (κ2) is 6.59. The van der Waals surface area contributed by atoms with Crippen molar-refractivity contribution in [2.75, 3.05) is 6.61 Å². The molecular formula is C20H17NO5S. The van der Waals surface area contributed by atoms with E-state index >= 15 is 0 Å². The van der Waals surface area contributed by atoms with E-state index in [2.05, 4.69) is 0 Å². The van der Waals surface area contributed by atoms with E-state index in [0.717, 1.165) is 10.4 Å². The number of benzene rings is 1. The van der Waals surface area contributed by atoms with E-state index < -0.39 is 17.5 Å². The van der Waals surface area contributed by atoms with Crippen molar-refractivity contribution in [3.8, 4) is 5.75 Å². The van der Waals surface area contributed by atoms with Gasteiger partial charge in [0.15, 0.2) is 5.75 Å². The average molecular weight is 383 g/mol. The zero-order chi connectivity index (χ0) is 19.1. The Labute approximate surface area is 158 Å². The Kier molecular flexibility index (Phi) is 4.24. The van der Waals surface area contributed by atoms with Crippen LogP contribution >= 0.6 is 11.3 Å². The Hall–Kier alpha value is -3.06. The second-order valence-electron chi connectivity index (χ2n) is 6.13. The molecule has 3 heterocycles. The van der Waals surface area contributed by atoms with Crippen molar-refractivity contribution in [3.05, 3.63) is 73.6 Å². The van der Waals surface area contributed by atoms with Gasteiger partial charge in [-0.25, -0.2) is 9.59 Å². The number of rotatable bonds is 3. The van der Waals surface area contributed by atoms with Gasteiger partial charge in [0, 0.05) is 4.88 Å². The molecule has 0 saturated heterocycles. The van der Waals surface area contributed by atoms with Crippen LogP contribution in [0.2, 0.25) is 0 Å². The van der Waals surface area contributed by atoms with Gasteiger partial charge in [0.1, 0.15) is 11.2 Å². The van der Waals surface area contributed by atoms with Crippen molar-refractivity contribution in [1.29, 1.82) is 0 Å². The summed E-state index contributed by atoms with van der Waals surface area (Å²) in [5.74, 6) is -1.04. The van der Waals surface area contributed by atoms with Gasteiger partial charge in [-0.15, -0.1) is 11.3 Å². The molecule has 2 aromatic heterocycles. The third kappa shape index (κ3) is 2.71. The maximum atomic E-state index is 12.9. The Balaban J connectivity index is 2.06. The van der Waals surface area contributed by atoms with Crippen LogP contribution in [0.25, 0.3) is 11.0 Å². The second-order valence-corrected chi connectivity index (χ2v) is 7.08. The first-order valence-corrected chi connectivity index (χ1v) is 9.35. The molecule has 1 aliphatic heterocycles. The van der Waals surface area contributed by atoms with Crippen molar-refractivity contribution in [2.45, 2.75) is 19.8 Å². The fraction of sp³-hybridized carbons (Fsp3) is 0.200. The summed E-state index contributed by atoms with van der Waals surface area (Å²) >= 11 is 1.44. The summed E-state index contributed by atoms with van der Waals surface area (Å²) in [4.78, 5) is 26.3. The molecule has 0 unspecified atom stereocenters. The molecule has 2 N–H and O–H groups in total. The zero-order valence-corrected chi connectivity index (χ0v) is 15.6. The molecule has 6 nitrogen and oxygen atoms in total. The Bertz CT molecular complexity index is 1140. The lowest BCUT2D eigenvalue weighted by molar-refractivity contribution is -0.139. The van der Waals surface area contributed by atoms with Gasteiger partial charge in [0.25, 0.3) is 0 Å². The molecule has 3 aromatic rings. The van der Waals surface area contributed by atoms with Crippen LogP contribution in [0.4, 0.5) is 0 Å². The number of ether oxygens (including phenoxy) is 2. The lowest BCUT2D eigenvalue weighted by Crippen LogP contribution is -2.31. The smallest absolute Gasteiger partial charge is 0.344 e. The van der Waals surface area contributed by atoms with Gasteiger partial charge in [-0.2, -0.15) is 0 Å². The highest BCUT2D eigenvalue weighted by molar-refractivity contribution is 7.10. The van der Waals surface area contributed by atoms with Crippen LogP contribution < -0.4 is 16.1 Å². The maximum absolute atomic E-state index is 12.9. The highest BCUT2D eigenvalue weighted by atomic mass is 32.1. The van der Waals surface area contributed by atoms with E-state index in [9.17, 15) is 9.59 Å². The number of thiophene rings is 1. The summed E-state index contributed by atoms with van der Waals surface area (Å²) in [5.41, 5.74) is 7.31. The van der Waals surface area contributed by atoms with Crippen molar-refractivity contribution in [1.82, 2.24) is 0 Å². The Morgan fingerprint density at radius 1 is 1.30 bits per heavy atom. The lowest BCUT2D eigenvalue weighted by Gasteiger charge is -2.27. The van der Waals surface area contributed by atoms with E-state index in [1.807, 2.05) is 24.4 Å². The number of carbonyl (C=O) groups is 1. The van der Waals surface area contributed by atoms with E-state index in [-0.39, 0.29) is 23.6 Å². The van der Waals surface area contributed by atoms with Crippen LogP contribution in [0.1, 0.15) is 28.8 Å². The molecule has 1 aliphatic rings. The molecule has 0 radical (unpaired) electrons.